The molecular weight excluding hydrogens is 468 g/mol. The summed E-state index contributed by atoms with van der Waals surface area (Å²) in [5, 5.41) is 10.6. The van der Waals surface area contributed by atoms with Crippen LogP contribution in [0.25, 0.3) is 0 Å². The van der Waals surface area contributed by atoms with Crippen molar-refractivity contribution < 1.29 is 28.8 Å². The minimum atomic E-state index is -0.657. The second-order valence-corrected chi connectivity index (χ2v) is 10.4. The van der Waals surface area contributed by atoms with Crippen LogP contribution in [-0.2, 0) is 23.7 Å². The largest absolute Gasteiger partial charge is 0.449 e. The number of ether oxygens (including phenoxy) is 4. The van der Waals surface area contributed by atoms with E-state index in [1.807, 2.05) is 24.3 Å². The molecule has 6 heteroatoms. The summed E-state index contributed by atoms with van der Waals surface area (Å²) < 4.78 is 23.4. The highest BCUT2D eigenvalue weighted by Crippen LogP contribution is 2.25. The zero-order chi connectivity index (χ0) is 26.6. The summed E-state index contributed by atoms with van der Waals surface area (Å²) >= 11 is 0. The number of hydrogen-bond acceptors (Lipinski definition) is 6. The standard InChI is InChI=1S/C31H42O6/c1-22-16-17-35-27(20-22)14-15-29(34-4)30-12-5-8-25(32)19-23(2)18-24(3)21-28-11-6-9-26(36-28)10-7-13-31(33)37-30/h5-6,8-9,14-16,24-30,32H,2,10-12,17-21H2,1,3-4H3/b8-5+,15-14+/t24-,25+,26-,27+,28-,29-,30-/m0/s1. The molecule has 0 aromatic heterocycles. The summed E-state index contributed by atoms with van der Waals surface area (Å²) in [7, 11) is 1.58. The molecule has 3 heterocycles. The predicted octanol–water partition coefficient (Wildman–Crippen LogP) is 5.00. The maximum absolute atomic E-state index is 12.6. The highest BCUT2D eigenvalue weighted by Gasteiger charge is 2.24. The summed E-state index contributed by atoms with van der Waals surface area (Å²) in [6.45, 7) is 9.04. The Labute approximate surface area is 222 Å². The van der Waals surface area contributed by atoms with Crippen LogP contribution in [0.5, 0.6) is 0 Å². The van der Waals surface area contributed by atoms with Gasteiger partial charge in [0.1, 0.15) is 12.2 Å². The molecule has 3 rings (SSSR count). The molecule has 0 aromatic rings. The molecule has 3 aliphatic heterocycles. The van der Waals surface area contributed by atoms with Crippen molar-refractivity contribution in [1.29, 1.82) is 0 Å². The minimum Gasteiger partial charge on any atom is -0.449 e. The molecule has 37 heavy (non-hydrogen) atoms. The number of cyclic esters (lactones) is 1. The summed E-state index contributed by atoms with van der Waals surface area (Å²) in [4.78, 5) is 12.6. The number of carbonyl (C=O) groups is 1. The fraction of sp³-hybridized carbons (Fsp3) is 0.581. The second-order valence-electron chi connectivity index (χ2n) is 10.4. The van der Waals surface area contributed by atoms with Gasteiger partial charge in [-0.2, -0.15) is 0 Å². The van der Waals surface area contributed by atoms with E-state index in [1.165, 1.54) is 5.57 Å². The molecule has 0 aliphatic carbocycles. The third-order valence-electron chi connectivity index (χ3n) is 6.82. The lowest BCUT2D eigenvalue weighted by atomic mass is 9.91. The van der Waals surface area contributed by atoms with Crippen LogP contribution >= 0.6 is 0 Å². The van der Waals surface area contributed by atoms with Gasteiger partial charge < -0.3 is 24.1 Å². The van der Waals surface area contributed by atoms with Crippen molar-refractivity contribution in [2.24, 2.45) is 5.92 Å². The van der Waals surface area contributed by atoms with Crippen LogP contribution in [0.15, 0.2) is 60.3 Å². The summed E-state index contributed by atoms with van der Waals surface area (Å²) in [6, 6.07) is 0. The maximum atomic E-state index is 12.6. The van der Waals surface area contributed by atoms with E-state index in [-0.39, 0.29) is 18.3 Å². The molecule has 0 saturated carbocycles. The van der Waals surface area contributed by atoms with Gasteiger partial charge in [-0.15, -0.1) is 0 Å². The smallest absolute Gasteiger partial charge is 0.384 e. The molecule has 0 unspecified atom stereocenters. The van der Waals surface area contributed by atoms with Crippen molar-refractivity contribution in [2.45, 2.75) is 95.4 Å². The molecule has 0 fully saturated rings. The van der Waals surface area contributed by atoms with E-state index in [0.717, 1.165) is 31.3 Å². The van der Waals surface area contributed by atoms with Crippen LogP contribution in [0, 0.1) is 17.8 Å². The maximum Gasteiger partial charge on any atom is 0.384 e. The predicted molar refractivity (Wildman–Crippen MR) is 145 cm³/mol. The van der Waals surface area contributed by atoms with Crippen molar-refractivity contribution in [1.82, 2.24) is 0 Å². The van der Waals surface area contributed by atoms with Crippen molar-refractivity contribution in [3.63, 3.8) is 0 Å². The first-order valence-electron chi connectivity index (χ1n) is 13.3. The van der Waals surface area contributed by atoms with Gasteiger partial charge in [-0.1, -0.05) is 73.1 Å². The van der Waals surface area contributed by atoms with Crippen molar-refractivity contribution in [2.75, 3.05) is 13.7 Å². The topological polar surface area (TPSA) is 74.2 Å². The quantitative estimate of drug-likeness (QED) is 0.248. The number of aliphatic hydroxyl groups is 1. The lowest BCUT2D eigenvalue weighted by Gasteiger charge is -2.27. The summed E-state index contributed by atoms with van der Waals surface area (Å²) in [5.41, 5.74) is 2.29. The third kappa shape index (κ3) is 10.5. The van der Waals surface area contributed by atoms with E-state index in [9.17, 15) is 9.90 Å². The van der Waals surface area contributed by atoms with E-state index in [0.29, 0.717) is 31.8 Å². The number of esters is 1. The third-order valence-corrected chi connectivity index (χ3v) is 6.82. The highest BCUT2D eigenvalue weighted by atomic mass is 16.6. The highest BCUT2D eigenvalue weighted by molar-refractivity contribution is 5.88. The van der Waals surface area contributed by atoms with Crippen LogP contribution < -0.4 is 0 Å². The second kappa shape index (κ2) is 15.1. The van der Waals surface area contributed by atoms with Gasteiger partial charge in [0.05, 0.1) is 31.0 Å². The average molecular weight is 511 g/mol. The molecule has 0 aromatic carbocycles. The number of carbonyl (C=O) groups excluding carboxylic acids is 1. The fourth-order valence-electron chi connectivity index (χ4n) is 4.96. The van der Waals surface area contributed by atoms with Crippen LogP contribution in [-0.4, -0.2) is 61.4 Å². The van der Waals surface area contributed by atoms with E-state index in [4.69, 9.17) is 18.9 Å². The fourth-order valence-corrected chi connectivity index (χ4v) is 4.96. The van der Waals surface area contributed by atoms with Crippen molar-refractivity contribution in [3.05, 3.63) is 60.3 Å². The molecule has 1 N–H and O–H groups in total. The first kappa shape index (κ1) is 29.1. The minimum absolute atomic E-state index is 0.0458. The Morgan fingerprint density at radius 2 is 2.03 bits per heavy atom. The molecule has 202 valence electrons. The Hall–Kier alpha value is -2.43. The molecular formula is C31H42O6. The molecule has 3 aliphatic rings. The Morgan fingerprint density at radius 3 is 2.81 bits per heavy atom. The molecule has 7 atom stereocenters. The normalized spacial score (nSPS) is 33.9. The van der Waals surface area contributed by atoms with Crippen molar-refractivity contribution in [3.8, 4) is 11.8 Å². The summed E-state index contributed by atoms with van der Waals surface area (Å²) in [6.07, 6.45) is 16.5. The van der Waals surface area contributed by atoms with Gasteiger partial charge in [-0.05, 0) is 44.9 Å². The molecule has 0 spiro atoms. The molecule has 0 amide bonds. The number of methoxy groups -OCH3 is 1. The number of fused-ring (bicyclic) bond motifs is 2. The SMILES string of the molecule is C=C1C[C@H](C)C[C@@H]2CC=C[C@@H](CC#CC(=O)O[C@H]([C@H](/C=C/[C@@H]3CC(C)=CCO3)OC)C/C=C/[C@@H](O)C1)O2. The Bertz CT molecular complexity index is 948. The first-order valence-corrected chi connectivity index (χ1v) is 13.3. The van der Waals surface area contributed by atoms with Gasteiger partial charge >= 0.3 is 5.97 Å². The Balaban J connectivity index is 1.75. The van der Waals surface area contributed by atoms with Gasteiger partial charge in [0.25, 0.3) is 0 Å². The van der Waals surface area contributed by atoms with Gasteiger partial charge in [-0.25, -0.2) is 4.79 Å². The molecule has 2 bridgehead atoms. The van der Waals surface area contributed by atoms with Crippen LogP contribution in [0.2, 0.25) is 0 Å². The van der Waals surface area contributed by atoms with Gasteiger partial charge in [-0.3, -0.25) is 0 Å². The van der Waals surface area contributed by atoms with Crippen LogP contribution in [0.4, 0.5) is 0 Å². The van der Waals surface area contributed by atoms with Crippen molar-refractivity contribution >= 4 is 5.97 Å². The average Bonchev–Trinajstić information content (AvgIpc) is 2.83. The lowest BCUT2D eigenvalue weighted by molar-refractivity contribution is -0.146. The molecule has 0 radical (unpaired) electrons. The van der Waals surface area contributed by atoms with Crippen LogP contribution in [0.3, 0.4) is 0 Å². The number of hydrogen-bond donors (Lipinski definition) is 1. The Morgan fingerprint density at radius 1 is 1.22 bits per heavy atom. The zero-order valence-corrected chi connectivity index (χ0v) is 22.4. The van der Waals surface area contributed by atoms with Gasteiger partial charge in [0, 0.05) is 25.9 Å². The van der Waals surface area contributed by atoms with E-state index < -0.39 is 24.3 Å². The molecule has 0 saturated heterocycles. The summed E-state index contributed by atoms with van der Waals surface area (Å²) in [5.74, 6) is 5.33. The zero-order valence-electron chi connectivity index (χ0n) is 22.4. The van der Waals surface area contributed by atoms with Gasteiger partial charge in [0.15, 0.2) is 0 Å². The van der Waals surface area contributed by atoms with E-state index >= 15 is 0 Å². The first-order chi connectivity index (χ1) is 17.8. The lowest BCUT2D eigenvalue weighted by Crippen LogP contribution is -2.31. The van der Waals surface area contributed by atoms with E-state index in [1.54, 1.807) is 13.2 Å². The monoisotopic (exact) mass is 510 g/mol. The molecule has 6 nitrogen and oxygen atoms in total. The van der Waals surface area contributed by atoms with E-state index in [2.05, 4.69) is 44.4 Å². The van der Waals surface area contributed by atoms with Crippen LogP contribution in [0.1, 0.15) is 58.8 Å². The number of aliphatic hydroxyl groups excluding tert-OH is 1. The van der Waals surface area contributed by atoms with Gasteiger partial charge in [0.2, 0.25) is 0 Å². The Kier molecular flexibility index (Phi) is 11.9. The number of rotatable bonds is 4.